The number of piperidine rings is 1. The highest BCUT2D eigenvalue weighted by atomic mass is 32.2. The van der Waals surface area contributed by atoms with Gasteiger partial charge in [0.2, 0.25) is 0 Å². The SMILES string of the molecule is COc1ccc(S(=O)(=O)C2CCCCN2)cc1C. The summed E-state index contributed by atoms with van der Waals surface area (Å²) in [6.07, 6.45) is 2.70. The topological polar surface area (TPSA) is 55.4 Å². The third kappa shape index (κ3) is 2.52. The van der Waals surface area contributed by atoms with Crippen LogP contribution in [0.3, 0.4) is 0 Å². The second-order valence-corrected chi connectivity index (χ2v) is 6.75. The molecule has 100 valence electrons. The Kier molecular flexibility index (Phi) is 3.92. The van der Waals surface area contributed by atoms with Crippen LogP contribution in [0.15, 0.2) is 23.1 Å². The monoisotopic (exact) mass is 269 g/mol. The number of aryl methyl sites for hydroxylation is 1. The predicted octanol–water partition coefficient (Wildman–Crippen LogP) is 1.88. The summed E-state index contributed by atoms with van der Waals surface area (Å²) in [4.78, 5) is 0.375. The van der Waals surface area contributed by atoms with Gasteiger partial charge < -0.3 is 10.1 Å². The molecule has 0 radical (unpaired) electrons. The van der Waals surface area contributed by atoms with Crippen molar-refractivity contribution in [3.8, 4) is 5.75 Å². The van der Waals surface area contributed by atoms with E-state index in [1.807, 2.05) is 6.92 Å². The molecule has 0 saturated carbocycles. The molecular weight excluding hydrogens is 250 g/mol. The summed E-state index contributed by atoms with van der Waals surface area (Å²) in [5.41, 5.74) is 0.842. The van der Waals surface area contributed by atoms with Gasteiger partial charge in [0.05, 0.1) is 12.0 Å². The van der Waals surface area contributed by atoms with Gasteiger partial charge in [0.25, 0.3) is 0 Å². The van der Waals surface area contributed by atoms with Gasteiger partial charge in [-0.05, 0) is 56.5 Å². The summed E-state index contributed by atoms with van der Waals surface area (Å²) in [6, 6.07) is 5.02. The Labute approximate surface area is 108 Å². The summed E-state index contributed by atoms with van der Waals surface area (Å²) in [6.45, 7) is 2.63. The molecule has 2 rings (SSSR count). The number of sulfone groups is 1. The molecule has 4 nitrogen and oxygen atoms in total. The molecule has 0 bridgehead atoms. The van der Waals surface area contributed by atoms with Crippen LogP contribution >= 0.6 is 0 Å². The van der Waals surface area contributed by atoms with Crippen LogP contribution in [0.25, 0.3) is 0 Å². The van der Waals surface area contributed by atoms with Crippen LogP contribution in [-0.4, -0.2) is 27.4 Å². The fraction of sp³-hybridized carbons (Fsp3) is 0.538. The minimum Gasteiger partial charge on any atom is -0.496 e. The first-order valence-electron chi connectivity index (χ1n) is 6.17. The van der Waals surface area contributed by atoms with Gasteiger partial charge in [-0.15, -0.1) is 0 Å². The summed E-state index contributed by atoms with van der Waals surface area (Å²) >= 11 is 0. The third-order valence-corrected chi connectivity index (χ3v) is 5.40. The molecule has 1 heterocycles. The molecule has 0 aliphatic carbocycles. The van der Waals surface area contributed by atoms with Gasteiger partial charge in [-0.2, -0.15) is 0 Å². The Hall–Kier alpha value is -1.07. The van der Waals surface area contributed by atoms with Crippen molar-refractivity contribution >= 4 is 9.84 Å². The molecule has 0 amide bonds. The highest BCUT2D eigenvalue weighted by Crippen LogP contribution is 2.25. The lowest BCUT2D eigenvalue weighted by molar-refractivity contribution is 0.411. The highest BCUT2D eigenvalue weighted by Gasteiger charge is 2.28. The molecule has 1 N–H and O–H groups in total. The van der Waals surface area contributed by atoms with Crippen molar-refractivity contribution < 1.29 is 13.2 Å². The zero-order valence-corrected chi connectivity index (χ0v) is 11.6. The molecule has 0 aromatic heterocycles. The molecule has 5 heteroatoms. The van der Waals surface area contributed by atoms with E-state index in [-0.39, 0.29) is 0 Å². The standard InChI is InChI=1S/C13H19NO3S/c1-10-9-11(6-7-12(10)17-2)18(15,16)13-5-3-4-8-14-13/h6-7,9,13-14H,3-5,8H2,1-2H3. The van der Waals surface area contributed by atoms with E-state index in [2.05, 4.69) is 5.32 Å². The number of rotatable bonds is 3. The summed E-state index contributed by atoms with van der Waals surface area (Å²) in [7, 11) is -1.69. The second-order valence-electron chi connectivity index (χ2n) is 4.61. The Balaban J connectivity index is 2.32. The van der Waals surface area contributed by atoms with Gasteiger partial charge in [0, 0.05) is 0 Å². The zero-order valence-electron chi connectivity index (χ0n) is 10.8. The van der Waals surface area contributed by atoms with E-state index in [4.69, 9.17) is 4.74 Å². The first-order valence-corrected chi connectivity index (χ1v) is 7.72. The fourth-order valence-electron chi connectivity index (χ4n) is 2.28. The maximum absolute atomic E-state index is 12.4. The molecule has 1 aliphatic heterocycles. The minimum atomic E-state index is -3.28. The lowest BCUT2D eigenvalue weighted by Gasteiger charge is -2.23. The van der Waals surface area contributed by atoms with Crippen molar-refractivity contribution in [1.82, 2.24) is 5.32 Å². The van der Waals surface area contributed by atoms with E-state index in [0.29, 0.717) is 17.1 Å². The number of benzene rings is 1. The quantitative estimate of drug-likeness (QED) is 0.910. The molecule has 1 aromatic rings. The van der Waals surface area contributed by atoms with Gasteiger partial charge >= 0.3 is 0 Å². The lowest BCUT2D eigenvalue weighted by atomic mass is 10.2. The van der Waals surface area contributed by atoms with E-state index >= 15 is 0 Å². The molecule has 1 saturated heterocycles. The zero-order chi connectivity index (χ0) is 13.2. The smallest absolute Gasteiger partial charge is 0.194 e. The normalized spacial score (nSPS) is 20.7. The molecule has 1 atom stereocenters. The van der Waals surface area contributed by atoms with Crippen LogP contribution in [-0.2, 0) is 9.84 Å². The molecule has 0 spiro atoms. The van der Waals surface area contributed by atoms with E-state index < -0.39 is 15.2 Å². The highest BCUT2D eigenvalue weighted by molar-refractivity contribution is 7.92. The van der Waals surface area contributed by atoms with E-state index in [1.54, 1.807) is 25.3 Å². The molecule has 18 heavy (non-hydrogen) atoms. The van der Waals surface area contributed by atoms with E-state index in [1.165, 1.54) is 0 Å². The number of hydrogen-bond acceptors (Lipinski definition) is 4. The molecular formula is C13H19NO3S. The Morgan fingerprint density at radius 3 is 2.67 bits per heavy atom. The average Bonchev–Trinajstić information content (AvgIpc) is 2.39. The van der Waals surface area contributed by atoms with Crippen LogP contribution in [0.4, 0.5) is 0 Å². The Morgan fingerprint density at radius 2 is 2.11 bits per heavy atom. The third-order valence-electron chi connectivity index (χ3n) is 3.33. The maximum Gasteiger partial charge on any atom is 0.194 e. The number of methoxy groups -OCH3 is 1. The van der Waals surface area contributed by atoms with Gasteiger partial charge in [-0.3, -0.25) is 0 Å². The number of hydrogen-bond donors (Lipinski definition) is 1. The van der Waals surface area contributed by atoms with Crippen molar-refractivity contribution in [3.05, 3.63) is 23.8 Å². The van der Waals surface area contributed by atoms with Crippen LogP contribution in [0.1, 0.15) is 24.8 Å². The van der Waals surface area contributed by atoms with Gasteiger partial charge in [0.15, 0.2) is 9.84 Å². The number of nitrogens with one attached hydrogen (secondary N) is 1. The molecule has 1 aliphatic rings. The number of ether oxygens (including phenoxy) is 1. The lowest BCUT2D eigenvalue weighted by Crippen LogP contribution is -2.40. The van der Waals surface area contributed by atoms with Crippen LogP contribution in [0.5, 0.6) is 5.75 Å². The van der Waals surface area contributed by atoms with Crippen LogP contribution in [0, 0.1) is 6.92 Å². The van der Waals surface area contributed by atoms with Crippen molar-refractivity contribution in [1.29, 1.82) is 0 Å². The second kappa shape index (κ2) is 5.28. The molecule has 1 fully saturated rings. The minimum absolute atomic E-state index is 0.375. The average molecular weight is 269 g/mol. The first-order chi connectivity index (χ1) is 8.55. The van der Waals surface area contributed by atoms with Crippen LogP contribution in [0.2, 0.25) is 0 Å². The van der Waals surface area contributed by atoms with Crippen molar-refractivity contribution in [3.63, 3.8) is 0 Å². The van der Waals surface area contributed by atoms with Crippen molar-refractivity contribution in [2.24, 2.45) is 0 Å². The Morgan fingerprint density at radius 1 is 1.33 bits per heavy atom. The predicted molar refractivity (Wildman–Crippen MR) is 70.6 cm³/mol. The molecule has 1 unspecified atom stereocenters. The van der Waals surface area contributed by atoms with Crippen LogP contribution < -0.4 is 10.1 Å². The van der Waals surface area contributed by atoms with Gasteiger partial charge in [-0.25, -0.2) is 8.42 Å². The fourth-order valence-corrected chi connectivity index (χ4v) is 4.02. The Bertz CT molecular complexity index is 519. The summed E-state index contributed by atoms with van der Waals surface area (Å²) in [5, 5.41) is 2.64. The maximum atomic E-state index is 12.4. The summed E-state index contributed by atoms with van der Waals surface area (Å²) < 4.78 is 30.0. The van der Waals surface area contributed by atoms with E-state index in [0.717, 1.165) is 24.9 Å². The first kappa shape index (κ1) is 13.4. The van der Waals surface area contributed by atoms with E-state index in [9.17, 15) is 8.42 Å². The van der Waals surface area contributed by atoms with Gasteiger partial charge in [0.1, 0.15) is 11.1 Å². The largest absolute Gasteiger partial charge is 0.496 e. The van der Waals surface area contributed by atoms with Crippen molar-refractivity contribution in [2.75, 3.05) is 13.7 Å². The summed E-state index contributed by atoms with van der Waals surface area (Å²) in [5.74, 6) is 0.713. The van der Waals surface area contributed by atoms with Crippen molar-refractivity contribution in [2.45, 2.75) is 36.5 Å². The van der Waals surface area contributed by atoms with Gasteiger partial charge in [-0.1, -0.05) is 0 Å². The molecule has 1 aromatic carbocycles.